The number of rotatable bonds is 11. The molecule has 0 amide bonds. The van der Waals surface area contributed by atoms with Gasteiger partial charge < -0.3 is 20.3 Å². The molecule has 21 heavy (non-hydrogen) atoms. The molecular weight excluding hydrogens is 266 g/mol. The molecule has 6 nitrogen and oxygen atoms in total. The summed E-state index contributed by atoms with van der Waals surface area (Å²) in [4.78, 5) is 11.1. The van der Waals surface area contributed by atoms with E-state index in [2.05, 4.69) is 39.3 Å². The van der Waals surface area contributed by atoms with Gasteiger partial charge in [-0.3, -0.25) is 0 Å². The van der Waals surface area contributed by atoms with E-state index in [0.717, 1.165) is 56.5 Å². The fourth-order valence-electron chi connectivity index (χ4n) is 1.80. The van der Waals surface area contributed by atoms with Gasteiger partial charge in [-0.15, -0.1) is 0 Å². The molecule has 1 aromatic rings. The van der Waals surface area contributed by atoms with Crippen LogP contribution in [-0.4, -0.2) is 61.8 Å². The van der Waals surface area contributed by atoms with E-state index in [9.17, 15) is 0 Å². The zero-order chi connectivity index (χ0) is 15.5. The minimum absolute atomic E-state index is 0.678. The lowest BCUT2D eigenvalue weighted by atomic mass is 10.3. The number of aromatic nitrogens is 2. The molecule has 0 bridgehead atoms. The first-order valence-corrected chi connectivity index (χ1v) is 7.73. The topological polar surface area (TPSA) is 62.3 Å². The average molecular weight is 295 g/mol. The van der Waals surface area contributed by atoms with Gasteiger partial charge in [-0.2, -0.15) is 0 Å². The van der Waals surface area contributed by atoms with Crippen molar-refractivity contribution in [1.29, 1.82) is 0 Å². The monoisotopic (exact) mass is 295 g/mol. The number of nitrogens with zero attached hydrogens (tertiary/aromatic N) is 3. The molecule has 1 aromatic heterocycles. The summed E-state index contributed by atoms with van der Waals surface area (Å²) < 4.78 is 5.56. The van der Waals surface area contributed by atoms with Gasteiger partial charge in [-0.1, -0.05) is 6.92 Å². The Morgan fingerprint density at radius 3 is 2.43 bits per heavy atom. The van der Waals surface area contributed by atoms with Crippen LogP contribution >= 0.6 is 0 Å². The van der Waals surface area contributed by atoms with Crippen molar-refractivity contribution in [3.05, 3.63) is 11.9 Å². The van der Waals surface area contributed by atoms with E-state index in [1.165, 1.54) is 0 Å². The number of aryl methyl sites for hydroxylation is 1. The van der Waals surface area contributed by atoms with Crippen molar-refractivity contribution in [2.45, 2.75) is 26.7 Å². The van der Waals surface area contributed by atoms with Gasteiger partial charge in [0.2, 0.25) is 0 Å². The Morgan fingerprint density at radius 1 is 1.10 bits per heavy atom. The number of nitrogens with one attached hydrogen (secondary N) is 2. The Bertz CT molecular complexity index is 373. The third-order valence-corrected chi connectivity index (χ3v) is 2.84. The summed E-state index contributed by atoms with van der Waals surface area (Å²) in [6, 6.07) is 1.95. The van der Waals surface area contributed by atoms with Crippen molar-refractivity contribution < 1.29 is 4.74 Å². The summed E-state index contributed by atoms with van der Waals surface area (Å²) >= 11 is 0. The molecule has 0 saturated heterocycles. The Balaban J connectivity index is 2.41. The fraction of sp³-hybridized carbons (Fsp3) is 0.733. The van der Waals surface area contributed by atoms with Crippen LogP contribution in [0.5, 0.6) is 0 Å². The van der Waals surface area contributed by atoms with Crippen molar-refractivity contribution in [2.75, 3.05) is 57.6 Å². The van der Waals surface area contributed by atoms with Gasteiger partial charge in [-0.05, 0) is 27.4 Å². The van der Waals surface area contributed by atoms with E-state index in [-0.39, 0.29) is 0 Å². The Morgan fingerprint density at radius 2 is 1.81 bits per heavy atom. The second-order valence-electron chi connectivity index (χ2n) is 5.18. The molecule has 0 aliphatic heterocycles. The van der Waals surface area contributed by atoms with Crippen LogP contribution in [0.3, 0.4) is 0 Å². The highest BCUT2D eigenvalue weighted by Gasteiger charge is 2.03. The second kappa shape index (κ2) is 10.3. The lowest BCUT2D eigenvalue weighted by molar-refractivity contribution is 0.126. The first-order chi connectivity index (χ1) is 10.2. The summed E-state index contributed by atoms with van der Waals surface area (Å²) in [6.45, 7) is 8.18. The first-order valence-electron chi connectivity index (χ1n) is 7.73. The molecule has 0 atom stereocenters. The molecule has 120 valence electrons. The van der Waals surface area contributed by atoms with Crippen molar-refractivity contribution in [2.24, 2.45) is 0 Å². The molecule has 0 fully saturated rings. The fourth-order valence-corrected chi connectivity index (χ4v) is 1.80. The third-order valence-electron chi connectivity index (χ3n) is 2.84. The summed E-state index contributed by atoms with van der Waals surface area (Å²) in [5.74, 6) is 2.62. The van der Waals surface area contributed by atoms with E-state index >= 15 is 0 Å². The van der Waals surface area contributed by atoms with Crippen LogP contribution in [0, 0.1) is 0 Å². The third kappa shape index (κ3) is 7.82. The van der Waals surface area contributed by atoms with E-state index in [1.807, 2.05) is 20.2 Å². The van der Waals surface area contributed by atoms with Crippen LogP contribution in [0.25, 0.3) is 0 Å². The smallest absolute Gasteiger partial charge is 0.133 e. The molecule has 1 rings (SSSR count). The number of ether oxygens (including phenoxy) is 1. The van der Waals surface area contributed by atoms with Gasteiger partial charge in [-0.25, -0.2) is 9.97 Å². The van der Waals surface area contributed by atoms with Crippen LogP contribution in [-0.2, 0) is 11.2 Å². The van der Waals surface area contributed by atoms with Gasteiger partial charge in [0, 0.05) is 32.1 Å². The molecule has 0 aromatic carbocycles. The normalized spacial score (nSPS) is 10.9. The Labute approximate surface area is 128 Å². The van der Waals surface area contributed by atoms with Crippen molar-refractivity contribution in [3.8, 4) is 0 Å². The van der Waals surface area contributed by atoms with E-state index in [0.29, 0.717) is 6.61 Å². The van der Waals surface area contributed by atoms with Crippen LogP contribution in [0.15, 0.2) is 6.07 Å². The van der Waals surface area contributed by atoms with Crippen LogP contribution in [0.1, 0.15) is 26.1 Å². The summed E-state index contributed by atoms with van der Waals surface area (Å²) in [5.41, 5.74) is 0. The molecular formula is C15H29N5O. The van der Waals surface area contributed by atoms with Crippen molar-refractivity contribution in [1.82, 2.24) is 14.9 Å². The highest BCUT2D eigenvalue weighted by molar-refractivity contribution is 5.47. The number of likely N-dealkylation sites (N-methyl/N-ethyl adjacent to an activating group) is 1. The van der Waals surface area contributed by atoms with Crippen LogP contribution < -0.4 is 10.6 Å². The second-order valence-corrected chi connectivity index (χ2v) is 5.18. The van der Waals surface area contributed by atoms with E-state index < -0.39 is 0 Å². The highest BCUT2D eigenvalue weighted by atomic mass is 16.5. The lowest BCUT2D eigenvalue weighted by Crippen LogP contribution is -2.20. The highest BCUT2D eigenvalue weighted by Crippen LogP contribution is 2.12. The quantitative estimate of drug-likeness (QED) is 0.608. The molecule has 1 heterocycles. The molecule has 0 radical (unpaired) electrons. The Hall–Kier alpha value is -1.40. The summed E-state index contributed by atoms with van der Waals surface area (Å²) in [7, 11) is 4.08. The minimum atomic E-state index is 0.678. The molecule has 0 saturated carbocycles. The Kier molecular flexibility index (Phi) is 8.69. The van der Waals surface area contributed by atoms with Crippen LogP contribution in [0.4, 0.5) is 11.6 Å². The maximum absolute atomic E-state index is 5.56. The zero-order valence-electron chi connectivity index (χ0n) is 13.8. The molecule has 0 aliphatic carbocycles. The standard InChI is InChI=1S/C15H29N5O/c1-5-7-13-18-14(16-6-2)12-15(19-13)17-8-10-21-11-9-20(3)4/h12H,5-11H2,1-4H3,(H2,16,17,18,19). The SMILES string of the molecule is CCCc1nc(NCC)cc(NCCOCCN(C)C)n1. The lowest BCUT2D eigenvalue weighted by Gasteiger charge is -2.12. The minimum Gasteiger partial charge on any atom is -0.378 e. The molecule has 6 heteroatoms. The largest absolute Gasteiger partial charge is 0.378 e. The number of hydrogen-bond acceptors (Lipinski definition) is 6. The van der Waals surface area contributed by atoms with Crippen LogP contribution in [0.2, 0.25) is 0 Å². The van der Waals surface area contributed by atoms with Gasteiger partial charge >= 0.3 is 0 Å². The predicted octanol–water partition coefficient (Wildman–Crippen LogP) is 1.85. The average Bonchev–Trinajstić information content (AvgIpc) is 2.43. The van der Waals surface area contributed by atoms with Crippen molar-refractivity contribution >= 4 is 11.6 Å². The summed E-state index contributed by atoms with van der Waals surface area (Å²) in [6.07, 6.45) is 1.94. The summed E-state index contributed by atoms with van der Waals surface area (Å²) in [5, 5.41) is 6.54. The van der Waals surface area contributed by atoms with Gasteiger partial charge in [0.15, 0.2) is 0 Å². The van der Waals surface area contributed by atoms with Gasteiger partial charge in [0.05, 0.1) is 13.2 Å². The first kappa shape index (κ1) is 17.7. The number of anilines is 2. The maximum Gasteiger partial charge on any atom is 0.133 e. The van der Waals surface area contributed by atoms with E-state index in [1.54, 1.807) is 0 Å². The molecule has 0 unspecified atom stereocenters. The molecule has 0 aliphatic rings. The number of hydrogen-bond donors (Lipinski definition) is 2. The van der Waals surface area contributed by atoms with Gasteiger partial charge in [0.1, 0.15) is 17.5 Å². The zero-order valence-corrected chi connectivity index (χ0v) is 13.8. The van der Waals surface area contributed by atoms with E-state index in [4.69, 9.17) is 4.74 Å². The molecule has 2 N–H and O–H groups in total. The van der Waals surface area contributed by atoms with Gasteiger partial charge in [0.25, 0.3) is 0 Å². The molecule has 0 spiro atoms. The van der Waals surface area contributed by atoms with Crippen molar-refractivity contribution in [3.63, 3.8) is 0 Å². The maximum atomic E-state index is 5.56. The predicted molar refractivity (Wildman–Crippen MR) is 88.1 cm³/mol.